The Labute approximate surface area is 110 Å². The molecule has 0 aromatic heterocycles. The Morgan fingerprint density at radius 1 is 1.11 bits per heavy atom. The van der Waals surface area contributed by atoms with Gasteiger partial charge in [-0.1, -0.05) is 18.2 Å². The number of hydrogen-bond donors (Lipinski definition) is 1. The number of hydrogen-bond acceptors (Lipinski definition) is 3. The van der Waals surface area contributed by atoms with Crippen molar-refractivity contribution in [1.82, 2.24) is 0 Å². The molecular weight excluding hydrogens is 267 g/mol. The van der Waals surface area contributed by atoms with Crippen LogP contribution in [0.15, 0.2) is 53.4 Å². The molecule has 0 radical (unpaired) electrons. The highest BCUT2D eigenvalue weighted by Crippen LogP contribution is 2.19. The number of sulfonamides is 1. The molecule has 0 fully saturated rings. The standard InChI is InChI=1S/C13H9FN2O2S/c14-12-6-1-2-7-13(12)16-19(17,18)11-5-3-4-10(8-11)9-15/h1-8,16H. The lowest BCUT2D eigenvalue weighted by molar-refractivity contribution is 0.598. The van der Waals surface area contributed by atoms with Crippen LogP contribution >= 0.6 is 0 Å². The minimum absolute atomic E-state index is 0.0881. The number of nitrogens with zero attached hydrogens (tertiary/aromatic N) is 1. The van der Waals surface area contributed by atoms with Gasteiger partial charge in [-0.05, 0) is 30.3 Å². The first-order chi connectivity index (χ1) is 9.03. The highest BCUT2D eigenvalue weighted by molar-refractivity contribution is 7.92. The Morgan fingerprint density at radius 3 is 2.53 bits per heavy atom. The van der Waals surface area contributed by atoms with Gasteiger partial charge >= 0.3 is 0 Å². The zero-order chi connectivity index (χ0) is 13.9. The molecule has 0 saturated carbocycles. The molecule has 0 bridgehead atoms. The maximum atomic E-state index is 13.4. The van der Waals surface area contributed by atoms with Crippen molar-refractivity contribution in [3.8, 4) is 6.07 Å². The topological polar surface area (TPSA) is 70.0 Å². The van der Waals surface area contributed by atoms with Crippen molar-refractivity contribution < 1.29 is 12.8 Å². The van der Waals surface area contributed by atoms with Gasteiger partial charge in [0.25, 0.3) is 10.0 Å². The quantitative estimate of drug-likeness (QED) is 0.936. The fraction of sp³-hybridized carbons (Fsp3) is 0. The first-order valence-corrected chi connectivity index (χ1v) is 6.79. The van der Waals surface area contributed by atoms with Crippen LogP contribution in [-0.2, 0) is 10.0 Å². The van der Waals surface area contributed by atoms with E-state index in [2.05, 4.69) is 4.72 Å². The first-order valence-electron chi connectivity index (χ1n) is 5.30. The average Bonchev–Trinajstić information content (AvgIpc) is 2.41. The number of nitrogens with one attached hydrogen (secondary N) is 1. The van der Waals surface area contributed by atoms with E-state index in [4.69, 9.17) is 5.26 Å². The summed E-state index contributed by atoms with van der Waals surface area (Å²) < 4.78 is 39.6. The molecule has 2 rings (SSSR count). The van der Waals surface area contributed by atoms with E-state index in [-0.39, 0.29) is 16.1 Å². The Hall–Kier alpha value is -2.39. The van der Waals surface area contributed by atoms with Gasteiger partial charge in [0.15, 0.2) is 0 Å². The molecule has 0 amide bonds. The fourth-order valence-corrected chi connectivity index (χ4v) is 2.59. The molecule has 96 valence electrons. The Morgan fingerprint density at radius 2 is 1.84 bits per heavy atom. The molecule has 4 nitrogen and oxygen atoms in total. The van der Waals surface area contributed by atoms with Crippen LogP contribution in [0.25, 0.3) is 0 Å². The first kappa shape index (κ1) is 13.1. The minimum Gasteiger partial charge on any atom is -0.277 e. The van der Waals surface area contributed by atoms with Gasteiger partial charge in [-0.3, -0.25) is 4.72 Å². The van der Waals surface area contributed by atoms with E-state index in [1.165, 1.54) is 42.5 Å². The largest absolute Gasteiger partial charge is 0.277 e. The van der Waals surface area contributed by atoms with Crippen LogP contribution in [0.4, 0.5) is 10.1 Å². The Bertz CT molecular complexity index is 751. The second-order valence-electron chi connectivity index (χ2n) is 3.72. The summed E-state index contributed by atoms with van der Waals surface area (Å²) in [5.41, 5.74) is 0.0845. The van der Waals surface area contributed by atoms with Crippen LogP contribution in [0.5, 0.6) is 0 Å². The fourth-order valence-electron chi connectivity index (χ4n) is 1.48. The molecule has 2 aromatic carbocycles. The molecule has 19 heavy (non-hydrogen) atoms. The number of halogens is 1. The van der Waals surface area contributed by atoms with Gasteiger partial charge < -0.3 is 0 Å². The summed E-state index contributed by atoms with van der Waals surface area (Å²) >= 11 is 0. The Kier molecular flexibility index (Phi) is 3.49. The maximum absolute atomic E-state index is 13.4. The molecular formula is C13H9FN2O2S. The van der Waals surface area contributed by atoms with Crippen molar-refractivity contribution in [2.75, 3.05) is 4.72 Å². The Balaban J connectivity index is 2.39. The van der Waals surface area contributed by atoms with Crippen molar-refractivity contribution >= 4 is 15.7 Å². The van der Waals surface area contributed by atoms with Crippen LogP contribution in [0.3, 0.4) is 0 Å². The van der Waals surface area contributed by atoms with E-state index < -0.39 is 15.8 Å². The molecule has 0 aliphatic heterocycles. The van der Waals surface area contributed by atoms with Crippen LogP contribution in [0.2, 0.25) is 0 Å². The number of rotatable bonds is 3. The molecule has 0 heterocycles. The number of para-hydroxylation sites is 1. The summed E-state index contributed by atoms with van der Waals surface area (Å²) in [7, 11) is -3.91. The minimum atomic E-state index is -3.91. The van der Waals surface area contributed by atoms with Crippen LogP contribution in [0, 0.1) is 17.1 Å². The monoisotopic (exact) mass is 276 g/mol. The van der Waals surface area contributed by atoms with Gasteiger partial charge in [-0.2, -0.15) is 5.26 Å². The van der Waals surface area contributed by atoms with Gasteiger partial charge in [0.2, 0.25) is 0 Å². The van der Waals surface area contributed by atoms with Crippen LogP contribution < -0.4 is 4.72 Å². The predicted octanol–water partition coefficient (Wildman–Crippen LogP) is 2.50. The van der Waals surface area contributed by atoms with Crippen molar-refractivity contribution in [2.24, 2.45) is 0 Å². The molecule has 0 aliphatic carbocycles. The summed E-state index contributed by atoms with van der Waals surface area (Å²) in [6.07, 6.45) is 0. The number of benzene rings is 2. The summed E-state index contributed by atoms with van der Waals surface area (Å²) in [6.45, 7) is 0. The predicted molar refractivity (Wildman–Crippen MR) is 68.4 cm³/mol. The van der Waals surface area contributed by atoms with Crippen LogP contribution in [-0.4, -0.2) is 8.42 Å². The van der Waals surface area contributed by atoms with E-state index in [0.717, 1.165) is 6.07 Å². The number of anilines is 1. The van der Waals surface area contributed by atoms with Gasteiger partial charge in [0.05, 0.1) is 22.2 Å². The third-order valence-corrected chi connectivity index (χ3v) is 3.75. The summed E-state index contributed by atoms with van der Waals surface area (Å²) in [6, 6.07) is 12.8. The average molecular weight is 276 g/mol. The SMILES string of the molecule is N#Cc1cccc(S(=O)(=O)Nc2ccccc2F)c1. The zero-order valence-electron chi connectivity index (χ0n) is 9.67. The van der Waals surface area contributed by atoms with Gasteiger partial charge in [0, 0.05) is 0 Å². The van der Waals surface area contributed by atoms with Crippen molar-refractivity contribution in [1.29, 1.82) is 5.26 Å². The highest BCUT2D eigenvalue weighted by Gasteiger charge is 2.16. The van der Waals surface area contributed by atoms with Gasteiger partial charge in [0.1, 0.15) is 5.82 Å². The molecule has 0 unspecified atom stereocenters. The van der Waals surface area contributed by atoms with E-state index in [1.54, 1.807) is 0 Å². The molecule has 0 spiro atoms. The third-order valence-electron chi connectivity index (χ3n) is 2.39. The highest BCUT2D eigenvalue weighted by atomic mass is 32.2. The van der Waals surface area contributed by atoms with E-state index in [1.807, 2.05) is 6.07 Å². The van der Waals surface area contributed by atoms with Gasteiger partial charge in [-0.15, -0.1) is 0 Å². The lowest BCUT2D eigenvalue weighted by Crippen LogP contribution is -2.14. The molecule has 6 heteroatoms. The molecule has 1 N–H and O–H groups in total. The second kappa shape index (κ2) is 5.08. The summed E-state index contributed by atoms with van der Waals surface area (Å²) in [4.78, 5) is -0.0881. The summed E-state index contributed by atoms with van der Waals surface area (Å²) in [5, 5.41) is 8.74. The third kappa shape index (κ3) is 2.89. The normalized spacial score (nSPS) is 10.7. The van der Waals surface area contributed by atoms with Crippen LogP contribution in [0.1, 0.15) is 5.56 Å². The lowest BCUT2D eigenvalue weighted by Gasteiger charge is -2.08. The second-order valence-corrected chi connectivity index (χ2v) is 5.41. The maximum Gasteiger partial charge on any atom is 0.262 e. The molecule has 0 saturated heterocycles. The van der Waals surface area contributed by atoms with Gasteiger partial charge in [-0.25, -0.2) is 12.8 Å². The smallest absolute Gasteiger partial charge is 0.262 e. The van der Waals surface area contributed by atoms with E-state index in [0.29, 0.717) is 0 Å². The lowest BCUT2D eigenvalue weighted by atomic mass is 10.2. The van der Waals surface area contributed by atoms with Crippen molar-refractivity contribution in [2.45, 2.75) is 4.90 Å². The van der Waals surface area contributed by atoms with E-state index in [9.17, 15) is 12.8 Å². The summed E-state index contributed by atoms with van der Waals surface area (Å²) in [5.74, 6) is -0.664. The van der Waals surface area contributed by atoms with Crippen molar-refractivity contribution in [3.63, 3.8) is 0 Å². The van der Waals surface area contributed by atoms with Crippen molar-refractivity contribution in [3.05, 3.63) is 59.9 Å². The number of nitriles is 1. The molecule has 0 atom stereocenters. The zero-order valence-corrected chi connectivity index (χ0v) is 10.5. The molecule has 0 aliphatic rings. The molecule has 2 aromatic rings. The van der Waals surface area contributed by atoms with E-state index >= 15 is 0 Å².